The first-order valence-electron chi connectivity index (χ1n) is 6.70. The van der Waals surface area contributed by atoms with Crippen LogP contribution >= 0.6 is 0 Å². The fraction of sp³-hybridized carbons (Fsp3) is 0.571. The van der Waals surface area contributed by atoms with Gasteiger partial charge in [0, 0.05) is 37.6 Å². The van der Waals surface area contributed by atoms with E-state index >= 15 is 0 Å². The van der Waals surface area contributed by atoms with E-state index in [1.165, 1.54) is 0 Å². The number of aryl methyl sites for hydroxylation is 1. The van der Waals surface area contributed by atoms with Crippen molar-refractivity contribution < 1.29 is 14.4 Å². The van der Waals surface area contributed by atoms with Crippen LogP contribution in [0.4, 0.5) is 11.4 Å². The fourth-order valence-electron chi connectivity index (χ4n) is 1.72. The van der Waals surface area contributed by atoms with Gasteiger partial charge in [-0.1, -0.05) is 6.07 Å². The minimum absolute atomic E-state index is 0.151. The molecule has 0 aliphatic carbocycles. The quantitative estimate of drug-likeness (QED) is 0.406. The monoisotopic (exact) mass is 282 g/mol. The lowest BCUT2D eigenvalue weighted by atomic mass is 10.2. The number of hydrogen-bond donors (Lipinski definition) is 1. The molecule has 0 bridgehead atoms. The van der Waals surface area contributed by atoms with Gasteiger partial charge in [-0.2, -0.15) is 0 Å². The fourth-order valence-corrected chi connectivity index (χ4v) is 1.72. The van der Waals surface area contributed by atoms with E-state index in [0.717, 1.165) is 25.1 Å². The molecule has 0 saturated carbocycles. The van der Waals surface area contributed by atoms with Gasteiger partial charge in [0.15, 0.2) is 0 Å². The Morgan fingerprint density at radius 1 is 1.25 bits per heavy atom. The van der Waals surface area contributed by atoms with Gasteiger partial charge >= 0.3 is 0 Å². The van der Waals surface area contributed by atoms with Crippen LogP contribution in [-0.2, 0) is 9.47 Å². The smallest absolute Gasteiger partial charge is 0.274 e. The summed E-state index contributed by atoms with van der Waals surface area (Å²) in [4.78, 5) is 10.5. The summed E-state index contributed by atoms with van der Waals surface area (Å²) in [6.45, 7) is 4.45. The Bertz CT molecular complexity index is 424. The van der Waals surface area contributed by atoms with Crippen LogP contribution in [0.2, 0.25) is 0 Å². The number of methoxy groups -OCH3 is 1. The molecule has 6 heteroatoms. The van der Waals surface area contributed by atoms with Crippen LogP contribution in [0.5, 0.6) is 0 Å². The van der Waals surface area contributed by atoms with Crippen LogP contribution in [0.1, 0.15) is 18.4 Å². The Kier molecular flexibility index (Phi) is 7.60. The maximum atomic E-state index is 10.8. The lowest BCUT2D eigenvalue weighted by Gasteiger charge is -2.07. The maximum Gasteiger partial charge on any atom is 0.274 e. The van der Waals surface area contributed by atoms with Gasteiger partial charge in [0.25, 0.3) is 5.69 Å². The molecule has 0 radical (unpaired) electrons. The van der Waals surface area contributed by atoms with Crippen LogP contribution < -0.4 is 5.32 Å². The molecule has 0 amide bonds. The van der Waals surface area contributed by atoms with Gasteiger partial charge in [-0.3, -0.25) is 10.1 Å². The first-order chi connectivity index (χ1) is 9.65. The van der Waals surface area contributed by atoms with Gasteiger partial charge in [0.05, 0.1) is 18.1 Å². The third-order valence-corrected chi connectivity index (χ3v) is 2.88. The average Bonchev–Trinajstić information content (AvgIpc) is 2.43. The van der Waals surface area contributed by atoms with Crippen molar-refractivity contribution in [2.75, 3.05) is 38.8 Å². The minimum atomic E-state index is -0.357. The maximum absolute atomic E-state index is 10.8. The highest BCUT2D eigenvalue weighted by atomic mass is 16.6. The van der Waals surface area contributed by atoms with Gasteiger partial charge < -0.3 is 14.8 Å². The predicted octanol–water partition coefficient (Wildman–Crippen LogP) is 2.76. The zero-order valence-electron chi connectivity index (χ0n) is 12.1. The molecule has 6 nitrogen and oxygen atoms in total. The van der Waals surface area contributed by atoms with Crippen molar-refractivity contribution in [2.24, 2.45) is 0 Å². The van der Waals surface area contributed by atoms with Gasteiger partial charge in [-0.25, -0.2) is 0 Å². The molecule has 0 aromatic heterocycles. The molecule has 0 unspecified atom stereocenters. The zero-order chi connectivity index (χ0) is 14.8. The summed E-state index contributed by atoms with van der Waals surface area (Å²) in [5.74, 6) is 0. The second-order valence-electron chi connectivity index (χ2n) is 4.50. The Morgan fingerprint density at radius 2 is 2.05 bits per heavy atom. The molecule has 1 rings (SSSR count). The van der Waals surface area contributed by atoms with Crippen LogP contribution in [0, 0.1) is 17.0 Å². The molecule has 0 spiro atoms. The lowest BCUT2D eigenvalue weighted by Crippen LogP contribution is -2.06. The van der Waals surface area contributed by atoms with Crippen molar-refractivity contribution in [2.45, 2.75) is 19.8 Å². The molecule has 0 aliphatic rings. The number of benzene rings is 1. The first-order valence-corrected chi connectivity index (χ1v) is 6.70. The largest absolute Gasteiger partial charge is 0.385 e. The molecule has 1 N–H and O–H groups in total. The first kappa shape index (κ1) is 16.4. The molecular formula is C14H22N2O4. The highest BCUT2D eigenvalue weighted by Gasteiger charge is 2.10. The van der Waals surface area contributed by atoms with Crippen molar-refractivity contribution in [1.82, 2.24) is 0 Å². The van der Waals surface area contributed by atoms with E-state index in [0.29, 0.717) is 25.4 Å². The Hall–Kier alpha value is -1.66. The molecule has 1 aromatic carbocycles. The molecule has 0 atom stereocenters. The number of nitrogens with zero attached hydrogens (tertiary/aromatic N) is 1. The standard InChI is InChI=1S/C14H22N2O4/c1-12-5-6-13(11-14(12)16(17)18)15-7-3-4-8-20-10-9-19-2/h5-6,11,15H,3-4,7-10H2,1-2H3. The van der Waals surface area contributed by atoms with Gasteiger partial charge in [-0.15, -0.1) is 0 Å². The SMILES string of the molecule is COCCOCCCCNc1ccc(C)c([N+](=O)[O-])c1. The van der Waals surface area contributed by atoms with E-state index in [2.05, 4.69) is 5.32 Å². The molecule has 1 aromatic rings. The number of nitro benzene ring substituents is 1. The molecule has 0 fully saturated rings. The summed E-state index contributed by atoms with van der Waals surface area (Å²) in [5.41, 5.74) is 1.60. The molecule has 112 valence electrons. The van der Waals surface area contributed by atoms with Crippen LogP contribution in [0.15, 0.2) is 18.2 Å². The number of hydrogen-bond acceptors (Lipinski definition) is 5. The van der Waals surface area contributed by atoms with E-state index in [-0.39, 0.29) is 10.6 Å². The number of nitro groups is 1. The van der Waals surface area contributed by atoms with Crippen LogP contribution in [-0.4, -0.2) is 38.4 Å². The lowest BCUT2D eigenvalue weighted by molar-refractivity contribution is -0.385. The minimum Gasteiger partial charge on any atom is -0.385 e. The molecular weight excluding hydrogens is 260 g/mol. The third-order valence-electron chi connectivity index (χ3n) is 2.88. The number of anilines is 1. The summed E-state index contributed by atoms with van der Waals surface area (Å²) in [5, 5.41) is 14.0. The normalized spacial score (nSPS) is 10.5. The molecule has 0 saturated heterocycles. The van der Waals surface area contributed by atoms with Crippen molar-refractivity contribution >= 4 is 11.4 Å². The van der Waals surface area contributed by atoms with Crippen molar-refractivity contribution in [3.63, 3.8) is 0 Å². The van der Waals surface area contributed by atoms with Crippen LogP contribution in [0.3, 0.4) is 0 Å². The average molecular weight is 282 g/mol. The van der Waals surface area contributed by atoms with E-state index in [1.807, 2.05) is 6.07 Å². The second-order valence-corrected chi connectivity index (χ2v) is 4.50. The molecule has 0 aliphatic heterocycles. The Morgan fingerprint density at radius 3 is 2.75 bits per heavy atom. The Balaban J connectivity index is 2.22. The predicted molar refractivity (Wildman–Crippen MR) is 78.3 cm³/mol. The zero-order valence-corrected chi connectivity index (χ0v) is 12.1. The topological polar surface area (TPSA) is 73.6 Å². The summed E-state index contributed by atoms with van der Waals surface area (Å²) in [6.07, 6.45) is 1.90. The van der Waals surface area contributed by atoms with E-state index in [1.54, 1.807) is 26.2 Å². The molecule has 0 heterocycles. The molecule has 20 heavy (non-hydrogen) atoms. The summed E-state index contributed by atoms with van der Waals surface area (Å²) in [6, 6.07) is 5.19. The number of ether oxygens (including phenoxy) is 2. The third kappa shape index (κ3) is 5.99. The van der Waals surface area contributed by atoms with Crippen molar-refractivity contribution in [3.05, 3.63) is 33.9 Å². The van der Waals surface area contributed by atoms with Crippen molar-refractivity contribution in [3.8, 4) is 0 Å². The second kappa shape index (κ2) is 9.28. The van der Waals surface area contributed by atoms with E-state index in [9.17, 15) is 10.1 Å². The van der Waals surface area contributed by atoms with Gasteiger partial charge in [0.1, 0.15) is 0 Å². The number of unbranched alkanes of at least 4 members (excludes halogenated alkanes) is 1. The van der Waals surface area contributed by atoms with Gasteiger partial charge in [0.2, 0.25) is 0 Å². The Labute approximate surface area is 119 Å². The van der Waals surface area contributed by atoms with Gasteiger partial charge in [-0.05, 0) is 25.8 Å². The van der Waals surface area contributed by atoms with Crippen LogP contribution in [0.25, 0.3) is 0 Å². The number of rotatable bonds is 10. The van der Waals surface area contributed by atoms with E-state index in [4.69, 9.17) is 9.47 Å². The summed E-state index contributed by atoms with van der Waals surface area (Å²) in [7, 11) is 1.65. The van der Waals surface area contributed by atoms with E-state index < -0.39 is 0 Å². The summed E-state index contributed by atoms with van der Waals surface area (Å²) >= 11 is 0. The summed E-state index contributed by atoms with van der Waals surface area (Å²) < 4.78 is 10.2. The van der Waals surface area contributed by atoms with Crippen molar-refractivity contribution in [1.29, 1.82) is 0 Å². The highest BCUT2D eigenvalue weighted by Crippen LogP contribution is 2.22. The highest BCUT2D eigenvalue weighted by molar-refractivity contribution is 5.54. The number of nitrogens with one attached hydrogen (secondary N) is 1.